The van der Waals surface area contributed by atoms with Crippen molar-refractivity contribution in [2.24, 2.45) is 11.7 Å². The maximum Gasteiger partial charge on any atom is 0.00819 e. The first kappa shape index (κ1) is 14.6. The third kappa shape index (κ3) is 4.99. The predicted octanol–water partition coefficient (Wildman–Crippen LogP) is 4.48. The molecule has 1 fully saturated rings. The van der Waals surface area contributed by atoms with Crippen molar-refractivity contribution in [2.45, 2.75) is 70.8 Å². The van der Waals surface area contributed by atoms with Gasteiger partial charge in [-0.05, 0) is 36.3 Å². The standard InChI is InChI=1S/C18H29N/c1-2-15-9-11-17(12-10-15)14-18(19)13-16-7-5-3-4-6-8-16/h9-12,16,18H,2-8,13-14,19H2,1H3. The van der Waals surface area contributed by atoms with Crippen molar-refractivity contribution in [3.63, 3.8) is 0 Å². The Morgan fingerprint density at radius 2 is 1.58 bits per heavy atom. The van der Waals surface area contributed by atoms with E-state index in [4.69, 9.17) is 5.73 Å². The molecule has 0 heterocycles. The first-order chi connectivity index (χ1) is 9.28. The predicted molar refractivity (Wildman–Crippen MR) is 83.3 cm³/mol. The van der Waals surface area contributed by atoms with E-state index in [9.17, 15) is 0 Å². The molecule has 0 radical (unpaired) electrons. The van der Waals surface area contributed by atoms with Crippen LogP contribution >= 0.6 is 0 Å². The fourth-order valence-electron chi connectivity index (χ4n) is 3.32. The Labute approximate surface area is 118 Å². The number of hydrogen-bond donors (Lipinski definition) is 1. The molecule has 1 heteroatoms. The van der Waals surface area contributed by atoms with Gasteiger partial charge in [-0.1, -0.05) is 69.7 Å². The highest BCUT2D eigenvalue weighted by Gasteiger charge is 2.16. The Morgan fingerprint density at radius 3 is 2.16 bits per heavy atom. The molecule has 1 aliphatic rings. The molecule has 0 saturated heterocycles. The van der Waals surface area contributed by atoms with E-state index in [2.05, 4.69) is 31.2 Å². The molecule has 1 aromatic carbocycles. The van der Waals surface area contributed by atoms with Gasteiger partial charge >= 0.3 is 0 Å². The molecule has 0 bridgehead atoms. The first-order valence-electron chi connectivity index (χ1n) is 8.11. The smallest absolute Gasteiger partial charge is 0.00819 e. The minimum atomic E-state index is 0.343. The molecule has 2 N–H and O–H groups in total. The van der Waals surface area contributed by atoms with Crippen LogP contribution in [0.25, 0.3) is 0 Å². The monoisotopic (exact) mass is 259 g/mol. The van der Waals surface area contributed by atoms with Crippen LogP contribution in [0.2, 0.25) is 0 Å². The molecule has 1 unspecified atom stereocenters. The van der Waals surface area contributed by atoms with Crippen LogP contribution in [-0.4, -0.2) is 6.04 Å². The Morgan fingerprint density at radius 1 is 1.00 bits per heavy atom. The van der Waals surface area contributed by atoms with Gasteiger partial charge in [0.25, 0.3) is 0 Å². The summed E-state index contributed by atoms with van der Waals surface area (Å²) in [6.07, 6.45) is 11.9. The summed E-state index contributed by atoms with van der Waals surface area (Å²) in [5.41, 5.74) is 9.18. The van der Waals surface area contributed by atoms with Crippen LogP contribution in [-0.2, 0) is 12.8 Å². The molecule has 2 rings (SSSR count). The van der Waals surface area contributed by atoms with Crippen LogP contribution in [0.1, 0.15) is 63.0 Å². The molecule has 1 saturated carbocycles. The van der Waals surface area contributed by atoms with Crippen molar-refractivity contribution in [2.75, 3.05) is 0 Å². The van der Waals surface area contributed by atoms with E-state index in [1.54, 1.807) is 0 Å². The maximum atomic E-state index is 6.36. The summed E-state index contributed by atoms with van der Waals surface area (Å²) < 4.78 is 0. The lowest BCUT2D eigenvalue weighted by molar-refractivity contribution is 0.387. The zero-order valence-corrected chi connectivity index (χ0v) is 12.4. The van der Waals surface area contributed by atoms with Crippen LogP contribution in [0.4, 0.5) is 0 Å². The summed E-state index contributed by atoms with van der Waals surface area (Å²) in [5, 5.41) is 0. The second kappa shape index (κ2) is 7.69. The molecule has 1 aliphatic carbocycles. The summed E-state index contributed by atoms with van der Waals surface area (Å²) in [5.74, 6) is 0.882. The average molecular weight is 259 g/mol. The number of aryl methyl sites for hydroxylation is 1. The fraction of sp³-hybridized carbons (Fsp3) is 0.667. The van der Waals surface area contributed by atoms with E-state index in [1.807, 2.05) is 0 Å². The topological polar surface area (TPSA) is 26.0 Å². The Kier molecular flexibility index (Phi) is 5.91. The molecular weight excluding hydrogens is 230 g/mol. The second-order valence-electron chi connectivity index (χ2n) is 6.23. The third-order valence-electron chi connectivity index (χ3n) is 4.54. The van der Waals surface area contributed by atoms with Gasteiger partial charge < -0.3 is 5.73 Å². The van der Waals surface area contributed by atoms with Gasteiger partial charge in [0.15, 0.2) is 0 Å². The zero-order valence-electron chi connectivity index (χ0n) is 12.4. The number of hydrogen-bond acceptors (Lipinski definition) is 1. The van der Waals surface area contributed by atoms with Gasteiger partial charge in [0.2, 0.25) is 0 Å². The summed E-state index contributed by atoms with van der Waals surface area (Å²) in [6, 6.07) is 9.34. The normalized spacial score (nSPS) is 19.1. The van der Waals surface area contributed by atoms with Crippen molar-refractivity contribution in [3.8, 4) is 0 Å². The van der Waals surface area contributed by atoms with Crippen molar-refractivity contribution in [1.82, 2.24) is 0 Å². The van der Waals surface area contributed by atoms with Gasteiger partial charge in [-0.3, -0.25) is 0 Å². The van der Waals surface area contributed by atoms with Crippen LogP contribution in [0.3, 0.4) is 0 Å². The minimum absolute atomic E-state index is 0.343. The molecule has 0 spiro atoms. The highest BCUT2D eigenvalue weighted by atomic mass is 14.6. The average Bonchev–Trinajstić information content (AvgIpc) is 2.68. The molecule has 0 amide bonds. The zero-order chi connectivity index (χ0) is 13.5. The minimum Gasteiger partial charge on any atom is -0.327 e. The largest absolute Gasteiger partial charge is 0.327 e. The molecule has 106 valence electrons. The lowest BCUT2D eigenvalue weighted by Gasteiger charge is -2.19. The highest BCUT2D eigenvalue weighted by molar-refractivity contribution is 5.23. The quantitative estimate of drug-likeness (QED) is 0.775. The third-order valence-corrected chi connectivity index (χ3v) is 4.54. The molecule has 0 aliphatic heterocycles. The Hall–Kier alpha value is -0.820. The van der Waals surface area contributed by atoms with Crippen LogP contribution < -0.4 is 5.73 Å². The van der Waals surface area contributed by atoms with Crippen molar-refractivity contribution >= 4 is 0 Å². The molecule has 1 atom stereocenters. The van der Waals surface area contributed by atoms with E-state index in [-0.39, 0.29) is 0 Å². The van der Waals surface area contributed by atoms with Crippen molar-refractivity contribution in [1.29, 1.82) is 0 Å². The number of rotatable bonds is 5. The van der Waals surface area contributed by atoms with Gasteiger partial charge in [0, 0.05) is 6.04 Å². The van der Waals surface area contributed by atoms with Crippen molar-refractivity contribution in [3.05, 3.63) is 35.4 Å². The fourth-order valence-corrected chi connectivity index (χ4v) is 3.32. The highest BCUT2D eigenvalue weighted by Crippen LogP contribution is 2.26. The number of nitrogens with two attached hydrogens (primary N) is 1. The van der Waals surface area contributed by atoms with Gasteiger partial charge in [0.05, 0.1) is 0 Å². The molecule has 1 nitrogen and oxygen atoms in total. The van der Waals surface area contributed by atoms with Gasteiger partial charge in [-0.15, -0.1) is 0 Å². The lowest BCUT2D eigenvalue weighted by atomic mass is 9.90. The van der Waals surface area contributed by atoms with E-state index in [0.717, 1.165) is 18.8 Å². The molecular formula is C18H29N. The Balaban J connectivity index is 1.80. The van der Waals surface area contributed by atoms with Gasteiger partial charge in [-0.25, -0.2) is 0 Å². The lowest BCUT2D eigenvalue weighted by Crippen LogP contribution is -2.26. The summed E-state index contributed by atoms with van der Waals surface area (Å²) in [4.78, 5) is 0. The molecule has 1 aromatic rings. The van der Waals surface area contributed by atoms with E-state index < -0.39 is 0 Å². The van der Waals surface area contributed by atoms with Gasteiger partial charge in [-0.2, -0.15) is 0 Å². The first-order valence-corrected chi connectivity index (χ1v) is 8.11. The van der Waals surface area contributed by atoms with Crippen LogP contribution in [0, 0.1) is 5.92 Å². The van der Waals surface area contributed by atoms with E-state index in [0.29, 0.717) is 6.04 Å². The van der Waals surface area contributed by atoms with Gasteiger partial charge in [0.1, 0.15) is 0 Å². The SMILES string of the molecule is CCc1ccc(CC(N)CC2CCCCCC2)cc1. The molecule has 0 aromatic heterocycles. The second-order valence-corrected chi connectivity index (χ2v) is 6.23. The maximum absolute atomic E-state index is 6.36. The van der Waals surface area contributed by atoms with E-state index in [1.165, 1.54) is 56.1 Å². The van der Waals surface area contributed by atoms with Crippen molar-refractivity contribution < 1.29 is 0 Å². The summed E-state index contributed by atoms with van der Waals surface area (Å²) >= 11 is 0. The number of benzene rings is 1. The summed E-state index contributed by atoms with van der Waals surface area (Å²) in [6.45, 7) is 2.20. The van der Waals surface area contributed by atoms with E-state index >= 15 is 0 Å². The Bertz CT molecular complexity index is 346. The summed E-state index contributed by atoms with van der Waals surface area (Å²) in [7, 11) is 0. The molecule has 19 heavy (non-hydrogen) atoms. The van der Waals surface area contributed by atoms with Crippen LogP contribution in [0.5, 0.6) is 0 Å². The van der Waals surface area contributed by atoms with Crippen LogP contribution in [0.15, 0.2) is 24.3 Å².